The van der Waals surface area contributed by atoms with Gasteiger partial charge in [0.15, 0.2) is 0 Å². The van der Waals surface area contributed by atoms with Crippen molar-refractivity contribution in [3.63, 3.8) is 0 Å². The first-order chi connectivity index (χ1) is 8.15. The number of aliphatic hydroxyl groups is 1. The number of hydrogen-bond donors (Lipinski definition) is 2. The van der Waals surface area contributed by atoms with Crippen molar-refractivity contribution in [2.75, 3.05) is 12.4 Å². The molecule has 0 radical (unpaired) electrons. The van der Waals surface area contributed by atoms with Crippen LogP contribution in [0.1, 0.15) is 13.3 Å². The van der Waals surface area contributed by atoms with Gasteiger partial charge in [-0.05, 0) is 30.7 Å². The molecule has 2 N–H and O–H groups in total. The summed E-state index contributed by atoms with van der Waals surface area (Å²) in [6.45, 7) is 1.92. The predicted octanol–water partition coefficient (Wildman–Crippen LogP) is 2.43. The number of carbonyl (C=O) groups excluding carboxylic acids is 1. The minimum absolute atomic E-state index is 0.00874. The summed E-state index contributed by atoms with van der Waals surface area (Å²) < 4.78 is 1.03. The van der Waals surface area contributed by atoms with Gasteiger partial charge in [0.05, 0.1) is 18.4 Å². The Balaban J connectivity index is 2.35. The summed E-state index contributed by atoms with van der Waals surface area (Å²) in [4.78, 5) is 12.6. The monoisotopic (exact) mass is 317 g/mol. The van der Waals surface area contributed by atoms with Gasteiger partial charge in [0.1, 0.15) is 0 Å². The van der Waals surface area contributed by atoms with Gasteiger partial charge in [-0.2, -0.15) is 0 Å². The van der Waals surface area contributed by atoms with Crippen molar-refractivity contribution in [2.24, 2.45) is 0 Å². The molecule has 0 saturated heterocycles. The summed E-state index contributed by atoms with van der Waals surface area (Å²) in [5, 5.41) is 11.7. The fourth-order valence-electron chi connectivity index (χ4n) is 1.23. The first kappa shape index (κ1) is 14.5. The molecule has 0 heterocycles. The van der Waals surface area contributed by atoms with Crippen LogP contribution in [0.4, 0.5) is 0 Å². The highest BCUT2D eigenvalue weighted by Gasteiger charge is 2.09. The molecular weight excluding hydrogens is 302 g/mol. The molecule has 1 aromatic carbocycles. The minimum atomic E-state index is -0.131. The number of carbonyl (C=O) groups is 1. The van der Waals surface area contributed by atoms with Crippen LogP contribution in [0.5, 0.6) is 0 Å². The number of nitrogens with one attached hydrogen (secondary N) is 1. The largest absolute Gasteiger partial charge is 0.394 e. The van der Waals surface area contributed by atoms with Crippen LogP contribution in [0.3, 0.4) is 0 Å². The van der Waals surface area contributed by atoms with Crippen LogP contribution in [0, 0.1) is 0 Å². The SMILES string of the molecule is CCC(CO)NC(=O)CSc1ccc(Br)cc1. The second kappa shape index (κ2) is 7.74. The Bertz CT molecular complexity index is 352. The van der Waals surface area contributed by atoms with E-state index in [-0.39, 0.29) is 18.6 Å². The Hall–Kier alpha value is -0.520. The second-order valence-corrected chi connectivity index (χ2v) is 5.56. The fourth-order valence-corrected chi connectivity index (χ4v) is 2.20. The Morgan fingerprint density at radius 3 is 2.65 bits per heavy atom. The number of rotatable bonds is 6. The van der Waals surface area contributed by atoms with Crippen molar-refractivity contribution >= 4 is 33.6 Å². The molecule has 1 rings (SSSR count). The number of benzene rings is 1. The molecule has 3 nitrogen and oxygen atoms in total. The minimum Gasteiger partial charge on any atom is -0.394 e. The average Bonchev–Trinajstić information content (AvgIpc) is 2.35. The van der Waals surface area contributed by atoms with Crippen molar-refractivity contribution in [3.8, 4) is 0 Å². The molecule has 1 atom stereocenters. The molecule has 0 bridgehead atoms. The normalized spacial score (nSPS) is 12.2. The Kier molecular flexibility index (Phi) is 6.62. The summed E-state index contributed by atoms with van der Waals surface area (Å²) in [7, 11) is 0. The van der Waals surface area contributed by atoms with E-state index in [1.807, 2.05) is 31.2 Å². The summed E-state index contributed by atoms with van der Waals surface area (Å²) in [5.41, 5.74) is 0. The number of halogens is 1. The summed E-state index contributed by atoms with van der Waals surface area (Å²) in [5.74, 6) is 0.330. The van der Waals surface area contributed by atoms with Crippen LogP contribution in [0.15, 0.2) is 33.6 Å². The van der Waals surface area contributed by atoms with Crippen LogP contribution < -0.4 is 5.32 Å². The summed E-state index contributed by atoms with van der Waals surface area (Å²) in [6.07, 6.45) is 0.741. The van der Waals surface area contributed by atoms with Gasteiger partial charge in [-0.25, -0.2) is 0 Å². The van der Waals surface area contributed by atoms with Gasteiger partial charge in [0.2, 0.25) is 5.91 Å². The van der Waals surface area contributed by atoms with Crippen LogP contribution in [0.25, 0.3) is 0 Å². The molecule has 0 spiro atoms. The zero-order valence-electron chi connectivity index (χ0n) is 9.65. The zero-order valence-corrected chi connectivity index (χ0v) is 12.1. The maximum absolute atomic E-state index is 11.6. The van der Waals surface area contributed by atoms with E-state index in [1.165, 1.54) is 11.8 Å². The van der Waals surface area contributed by atoms with Crippen molar-refractivity contribution in [3.05, 3.63) is 28.7 Å². The third kappa shape index (κ3) is 5.57. The molecule has 94 valence electrons. The third-order valence-electron chi connectivity index (χ3n) is 2.26. The van der Waals surface area contributed by atoms with E-state index >= 15 is 0 Å². The number of amides is 1. The topological polar surface area (TPSA) is 49.3 Å². The zero-order chi connectivity index (χ0) is 12.7. The smallest absolute Gasteiger partial charge is 0.230 e. The second-order valence-electron chi connectivity index (χ2n) is 3.60. The molecule has 1 aromatic rings. The maximum Gasteiger partial charge on any atom is 0.230 e. The van der Waals surface area contributed by atoms with Crippen molar-refractivity contribution in [1.29, 1.82) is 0 Å². The lowest BCUT2D eigenvalue weighted by Gasteiger charge is -2.13. The van der Waals surface area contributed by atoms with Crippen LogP contribution in [-0.2, 0) is 4.79 Å². The highest BCUT2D eigenvalue weighted by atomic mass is 79.9. The molecule has 0 fully saturated rings. The van der Waals surface area contributed by atoms with Crippen molar-refractivity contribution in [1.82, 2.24) is 5.32 Å². The molecule has 0 aliphatic rings. The first-order valence-corrected chi connectivity index (χ1v) is 7.22. The van der Waals surface area contributed by atoms with E-state index in [0.717, 1.165) is 15.8 Å². The first-order valence-electron chi connectivity index (χ1n) is 5.44. The molecule has 0 aliphatic carbocycles. The molecule has 5 heteroatoms. The Morgan fingerprint density at radius 1 is 1.47 bits per heavy atom. The number of thioether (sulfide) groups is 1. The van der Waals surface area contributed by atoms with Gasteiger partial charge >= 0.3 is 0 Å². The third-order valence-corrected chi connectivity index (χ3v) is 3.80. The average molecular weight is 318 g/mol. The van der Waals surface area contributed by atoms with Gasteiger partial charge in [0.25, 0.3) is 0 Å². The summed E-state index contributed by atoms with van der Waals surface area (Å²) in [6, 6.07) is 7.69. The fraction of sp³-hybridized carbons (Fsp3) is 0.417. The van der Waals surface area contributed by atoms with E-state index in [0.29, 0.717) is 5.75 Å². The molecule has 0 aromatic heterocycles. The van der Waals surface area contributed by atoms with Crippen LogP contribution in [-0.4, -0.2) is 29.4 Å². The van der Waals surface area contributed by atoms with Gasteiger partial charge in [-0.1, -0.05) is 22.9 Å². The van der Waals surface area contributed by atoms with E-state index in [9.17, 15) is 4.79 Å². The highest BCUT2D eigenvalue weighted by molar-refractivity contribution is 9.10. The number of aliphatic hydroxyl groups excluding tert-OH is 1. The highest BCUT2D eigenvalue weighted by Crippen LogP contribution is 2.20. The van der Waals surface area contributed by atoms with Gasteiger partial charge in [-0.3, -0.25) is 4.79 Å². The van der Waals surface area contributed by atoms with E-state index in [4.69, 9.17) is 5.11 Å². The number of hydrogen-bond acceptors (Lipinski definition) is 3. The van der Waals surface area contributed by atoms with Gasteiger partial charge in [0, 0.05) is 9.37 Å². The molecule has 0 saturated carbocycles. The summed E-state index contributed by atoms with van der Waals surface area (Å²) >= 11 is 4.85. The maximum atomic E-state index is 11.6. The lowest BCUT2D eigenvalue weighted by molar-refractivity contribution is -0.119. The van der Waals surface area contributed by atoms with Gasteiger partial charge in [-0.15, -0.1) is 11.8 Å². The quantitative estimate of drug-likeness (QED) is 0.792. The standard InChI is InChI=1S/C12H16BrNO2S/c1-2-10(7-15)14-12(16)8-17-11-5-3-9(13)4-6-11/h3-6,10,15H,2,7-8H2,1H3,(H,14,16). The molecule has 0 aliphatic heterocycles. The molecule has 1 amide bonds. The lowest BCUT2D eigenvalue weighted by atomic mass is 10.2. The van der Waals surface area contributed by atoms with E-state index in [2.05, 4.69) is 21.2 Å². The predicted molar refractivity (Wildman–Crippen MR) is 74.2 cm³/mol. The molecular formula is C12H16BrNO2S. The van der Waals surface area contributed by atoms with Crippen molar-refractivity contribution in [2.45, 2.75) is 24.3 Å². The molecule has 17 heavy (non-hydrogen) atoms. The lowest BCUT2D eigenvalue weighted by Crippen LogP contribution is -2.37. The Morgan fingerprint density at radius 2 is 2.12 bits per heavy atom. The van der Waals surface area contributed by atoms with E-state index < -0.39 is 0 Å². The van der Waals surface area contributed by atoms with E-state index in [1.54, 1.807) is 0 Å². The molecule has 1 unspecified atom stereocenters. The van der Waals surface area contributed by atoms with Gasteiger partial charge < -0.3 is 10.4 Å². The Labute approximate surface area is 114 Å². The van der Waals surface area contributed by atoms with Crippen LogP contribution in [0.2, 0.25) is 0 Å². The van der Waals surface area contributed by atoms with Crippen molar-refractivity contribution < 1.29 is 9.90 Å². The van der Waals surface area contributed by atoms with Crippen LogP contribution >= 0.6 is 27.7 Å².